The largest absolute Gasteiger partial charge is 0.457 e. The molecule has 0 bridgehead atoms. The second kappa shape index (κ2) is 8.12. The molecule has 0 fully saturated rings. The Hall–Kier alpha value is -3.12. The molecule has 0 saturated heterocycles. The summed E-state index contributed by atoms with van der Waals surface area (Å²) in [5.74, 6) is 0.378. The lowest BCUT2D eigenvalue weighted by Gasteiger charge is -2.09. The molecule has 3 rings (SSSR count). The molecule has 1 N–H and O–H groups in total. The number of hydrogen-bond acceptors (Lipinski definition) is 5. The van der Waals surface area contributed by atoms with Crippen LogP contribution in [0.4, 0.5) is 5.69 Å². The number of thiophene rings is 1. The van der Waals surface area contributed by atoms with Crippen LogP contribution in [-0.4, -0.2) is 18.5 Å². The van der Waals surface area contributed by atoms with Crippen molar-refractivity contribution >= 4 is 28.9 Å². The van der Waals surface area contributed by atoms with Gasteiger partial charge in [-0.05, 0) is 35.7 Å². The van der Waals surface area contributed by atoms with E-state index in [1.54, 1.807) is 41.8 Å². The molecule has 0 aliphatic carbocycles. The lowest BCUT2D eigenvalue weighted by Crippen LogP contribution is -2.20. The lowest BCUT2D eigenvalue weighted by atomic mass is 10.3. The van der Waals surface area contributed by atoms with Crippen LogP contribution >= 0.6 is 11.3 Å². The monoisotopic (exact) mass is 353 g/mol. The van der Waals surface area contributed by atoms with Gasteiger partial charge in [-0.15, -0.1) is 11.3 Å². The fourth-order valence-electron chi connectivity index (χ4n) is 2.06. The molecule has 126 valence electrons. The first-order valence-electron chi connectivity index (χ1n) is 7.54. The minimum absolute atomic E-state index is 0.347. The van der Waals surface area contributed by atoms with Gasteiger partial charge in [0.15, 0.2) is 6.61 Å². The van der Waals surface area contributed by atoms with Crippen LogP contribution in [0.3, 0.4) is 0 Å². The van der Waals surface area contributed by atoms with Crippen LogP contribution < -0.4 is 10.1 Å². The van der Waals surface area contributed by atoms with E-state index >= 15 is 0 Å². The molecule has 0 saturated carbocycles. The van der Waals surface area contributed by atoms with E-state index in [-0.39, 0.29) is 6.61 Å². The van der Waals surface area contributed by atoms with Gasteiger partial charge in [-0.1, -0.05) is 30.3 Å². The highest BCUT2D eigenvalue weighted by molar-refractivity contribution is 7.11. The molecule has 0 spiro atoms. The Morgan fingerprint density at radius 3 is 2.48 bits per heavy atom. The zero-order valence-electron chi connectivity index (χ0n) is 13.2. The Morgan fingerprint density at radius 2 is 1.72 bits per heavy atom. The fourth-order valence-corrected chi connectivity index (χ4v) is 2.67. The van der Waals surface area contributed by atoms with E-state index in [1.165, 1.54) is 11.3 Å². The van der Waals surface area contributed by atoms with Crippen LogP contribution in [0.5, 0.6) is 11.5 Å². The molecule has 6 heteroatoms. The van der Waals surface area contributed by atoms with E-state index in [0.29, 0.717) is 22.1 Å². The molecule has 0 aliphatic rings. The van der Waals surface area contributed by atoms with E-state index in [4.69, 9.17) is 9.47 Å². The maximum absolute atomic E-state index is 11.9. The smallest absolute Gasteiger partial charge is 0.348 e. The van der Waals surface area contributed by atoms with E-state index in [9.17, 15) is 9.59 Å². The maximum Gasteiger partial charge on any atom is 0.348 e. The molecule has 2 aromatic carbocycles. The molecule has 3 aromatic rings. The zero-order valence-corrected chi connectivity index (χ0v) is 14.0. The van der Waals surface area contributed by atoms with E-state index in [0.717, 1.165) is 0 Å². The number of benzene rings is 2. The Bertz CT molecular complexity index is 847. The fraction of sp³-hybridized carbons (Fsp3) is 0.0526. The predicted octanol–water partition coefficient (Wildman–Crippen LogP) is 4.34. The first kappa shape index (κ1) is 16.7. The third-order valence-corrected chi connectivity index (χ3v) is 4.00. The van der Waals surface area contributed by atoms with Crippen LogP contribution in [0.1, 0.15) is 9.67 Å². The molecular weight excluding hydrogens is 338 g/mol. The summed E-state index contributed by atoms with van der Waals surface area (Å²) < 4.78 is 10.7. The minimum Gasteiger partial charge on any atom is -0.457 e. The summed E-state index contributed by atoms with van der Waals surface area (Å²) in [5.41, 5.74) is 0.561. The van der Waals surface area contributed by atoms with Crippen molar-refractivity contribution in [2.24, 2.45) is 0 Å². The molecule has 1 amide bonds. The average molecular weight is 353 g/mol. The van der Waals surface area contributed by atoms with E-state index in [1.807, 2.05) is 30.3 Å². The van der Waals surface area contributed by atoms with Gasteiger partial charge in [0.05, 0.1) is 0 Å². The summed E-state index contributed by atoms with van der Waals surface area (Å²) in [6.45, 7) is -0.347. The number of carbonyl (C=O) groups is 2. The number of rotatable bonds is 6. The average Bonchev–Trinajstić information content (AvgIpc) is 3.16. The van der Waals surface area contributed by atoms with Gasteiger partial charge in [0, 0.05) is 11.8 Å². The van der Waals surface area contributed by atoms with Gasteiger partial charge in [-0.2, -0.15) is 0 Å². The molecule has 1 heterocycles. The number of ether oxygens (including phenoxy) is 2. The van der Waals surface area contributed by atoms with Crippen molar-refractivity contribution < 1.29 is 19.1 Å². The highest BCUT2D eigenvalue weighted by atomic mass is 32.1. The number of hydrogen-bond donors (Lipinski definition) is 1. The quantitative estimate of drug-likeness (QED) is 0.670. The van der Waals surface area contributed by atoms with Crippen LogP contribution in [0, 0.1) is 0 Å². The van der Waals surface area contributed by atoms with Gasteiger partial charge >= 0.3 is 5.97 Å². The van der Waals surface area contributed by atoms with Gasteiger partial charge in [0.1, 0.15) is 16.4 Å². The third-order valence-electron chi connectivity index (χ3n) is 3.15. The highest BCUT2D eigenvalue weighted by Gasteiger charge is 2.11. The summed E-state index contributed by atoms with van der Waals surface area (Å²) in [6, 6.07) is 19.7. The molecule has 5 nitrogen and oxygen atoms in total. The second-order valence-electron chi connectivity index (χ2n) is 5.04. The van der Waals surface area contributed by atoms with Crippen molar-refractivity contribution in [3.8, 4) is 11.5 Å². The number of carbonyl (C=O) groups excluding carboxylic acids is 2. The second-order valence-corrected chi connectivity index (χ2v) is 5.99. The standard InChI is InChI=1S/C19H15NO4S/c21-18(13-23-19(22)17-10-5-11-25-17)20-14-6-4-9-16(12-14)24-15-7-2-1-3-8-15/h1-12H,13H2,(H,20,21). The zero-order chi connectivity index (χ0) is 17.5. The van der Waals surface area contributed by atoms with Crippen molar-refractivity contribution in [2.75, 3.05) is 11.9 Å². The number of para-hydroxylation sites is 1. The topological polar surface area (TPSA) is 64.6 Å². The van der Waals surface area contributed by atoms with E-state index < -0.39 is 11.9 Å². The predicted molar refractivity (Wildman–Crippen MR) is 96.2 cm³/mol. The Balaban J connectivity index is 1.54. The van der Waals surface area contributed by atoms with Gasteiger partial charge < -0.3 is 14.8 Å². The first-order valence-corrected chi connectivity index (χ1v) is 8.42. The highest BCUT2D eigenvalue weighted by Crippen LogP contribution is 2.23. The molecule has 0 atom stereocenters. The van der Waals surface area contributed by atoms with Gasteiger partial charge in [0.25, 0.3) is 5.91 Å². The number of anilines is 1. The lowest BCUT2D eigenvalue weighted by molar-refractivity contribution is -0.119. The SMILES string of the molecule is O=C(COC(=O)c1cccs1)Nc1cccc(Oc2ccccc2)c1. The maximum atomic E-state index is 11.9. The van der Waals surface area contributed by atoms with Crippen molar-refractivity contribution in [1.29, 1.82) is 0 Å². The van der Waals surface area contributed by atoms with Crippen molar-refractivity contribution in [1.82, 2.24) is 0 Å². The molecule has 0 unspecified atom stereocenters. The van der Waals surface area contributed by atoms with Gasteiger partial charge in [-0.3, -0.25) is 4.79 Å². The normalized spacial score (nSPS) is 10.1. The molecule has 0 radical (unpaired) electrons. The van der Waals surface area contributed by atoms with Gasteiger partial charge in [-0.25, -0.2) is 4.79 Å². The van der Waals surface area contributed by atoms with E-state index in [2.05, 4.69) is 5.32 Å². The third kappa shape index (κ3) is 4.92. The van der Waals surface area contributed by atoms with Crippen LogP contribution in [0.15, 0.2) is 72.1 Å². The number of nitrogens with one attached hydrogen (secondary N) is 1. The Morgan fingerprint density at radius 1 is 0.920 bits per heavy atom. The molecular formula is C19H15NO4S. The van der Waals surface area contributed by atoms with Crippen molar-refractivity contribution in [2.45, 2.75) is 0 Å². The molecule has 1 aromatic heterocycles. The Labute approximate surface area is 148 Å². The summed E-state index contributed by atoms with van der Waals surface area (Å²) in [4.78, 5) is 24.1. The number of esters is 1. The summed E-state index contributed by atoms with van der Waals surface area (Å²) in [6.07, 6.45) is 0. The Kier molecular flexibility index (Phi) is 5.43. The summed E-state index contributed by atoms with van der Waals surface area (Å²) in [7, 11) is 0. The molecule has 25 heavy (non-hydrogen) atoms. The van der Waals surface area contributed by atoms with Gasteiger partial charge in [0.2, 0.25) is 0 Å². The minimum atomic E-state index is -0.508. The summed E-state index contributed by atoms with van der Waals surface area (Å²) in [5, 5.41) is 4.45. The van der Waals surface area contributed by atoms with Crippen LogP contribution in [-0.2, 0) is 9.53 Å². The van der Waals surface area contributed by atoms with Crippen LogP contribution in [0.25, 0.3) is 0 Å². The first-order chi connectivity index (χ1) is 12.2. The van der Waals surface area contributed by atoms with Crippen molar-refractivity contribution in [3.05, 3.63) is 77.0 Å². The van der Waals surface area contributed by atoms with Crippen LogP contribution in [0.2, 0.25) is 0 Å². The molecule has 0 aliphatic heterocycles. The summed E-state index contributed by atoms with van der Waals surface area (Å²) >= 11 is 1.27. The number of amides is 1. The van der Waals surface area contributed by atoms with Crippen molar-refractivity contribution in [3.63, 3.8) is 0 Å².